The number of carboxylic acids is 1. The van der Waals surface area contributed by atoms with Crippen LogP contribution in [0.3, 0.4) is 0 Å². The van der Waals surface area contributed by atoms with E-state index in [-0.39, 0.29) is 17.0 Å². The summed E-state index contributed by atoms with van der Waals surface area (Å²) in [4.78, 5) is 22.9. The SMILES string of the molecule is CC(Oc1cc(C(=O)O)ccc1I)C(=O)NC(C)(C)C. The first kappa shape index (κ1) is 16.7. The monoisotopic (exact) mass is 391 g/mol. The summed E-state index contributed by atoms with van der Waals surface area (Å²) < 4.78 is 6.31. The predicted octanol–water partition coefficient (Wildman–Crippen LogP) is 2.67. The van der Waals surface area contributed by atoms with Crippen LogP contribution in [0.15, 0.2) is 18.2 Å². The lowest BCUT2D eigenvalue weighted by molar-refractivity contribution is -0.128. The number of rotatable bonds is 4. The maximum Gasteiger partial charge on any atom is 0.335 e. The van der Waals surface area contributed by atoms with Crippen molar-refractivity contribution in [2.75, 3.05) is 0 Å². The van der Waals surface area contributed by atoms with Crippen LogP contribution in [0.5, 0.6) is 5.75 Å². The van der Waals surface area contributed by atoms with E-state index in [4.69, 9.17) is 9.84 Å². The molecule has 110 valence electrons. The Morgan fingerprint density at radius 3 is 2.45 bits per heavy atom. The Morgan fingerprint density at radius 2 is 1.95 bits per heavy atom. The van der Waals surface area contributed by atoms with Crippen molar-refractivity contribution in [2.24, 2.45) is 0 Å². The molecule has 1 aromatic carbocycles. The molecule has 0 fully saturated rings. The molecule has 0 radical (unpaired) electrons. The number of hydrogen-bond acceptors (Lipinski definition) is 3. The van der Waals surface area contributed by atoms with Crippen molar-refractivity contribution in [1.29, 1.82) is 0 Å². The van der Waals surface area contributed by atoms with E-state index in [2.05, 4.69) is 5.32 Å². The highest BCUT2D eigenvalue weighted by Gasteiger charge is 2.21. The van der Waals surface area contributed by atoms with Gasteiger partial charge in [0, 0.05) is 5.54 Å². The molecule has 2 N–H and O–H groups in total. The Labute approximate surface area is 131 Å². The molecule has 1 rings (SSSR count). The highest BCUT2D eigenvalue weighted by molar-refractivity contribution is 14.1. The number of hydrogen-bond donors (Lipinski definition) is 2. The molecule has 0 aliphatic carbocycles. The van der Waals surface area contributed by atoms with Crippen molar-refractivity contribution >= 4 is 34.5 Å². The smallest absolute Gasteiger partial charge is 0.335 e. The summed E-state index contributed by atoms with van der Waals surface area (Å²) in [6.45, 7) is 7.27. The van der Waals surface area contributed by atoms with Gasteiger partial charge in [0.05, 0.1) is 9.13 Å². The van der Waals surface area contributed by atoms with Crippen LogP contribution in [0.2, 0.25) is 0 Å². The van der Waals surface area contributed by atoms with E-state index < -0.39 is 12.1 Å². The Morgan fingerprint density at radius 1 is 1.35 bits per heavy atom. The number of aromatic carboxylic acids is 1. The maximum atomic E-state index is 11.9. The Hall–Kier alpha value is -1.31. The molecule has 1 unspecified atom stereocenters. The van der Waals surface area contributed by atoms with Gasteiger partial charge in [-0.25, -0.2) is 4.79 Å². The van der Waals surface area contributed by atoms with Crippen LogP contribution in [0.1, 0.15) is 38.1 Å². The molecule has 1 amide bonds. The average Bonchev–Trinajstić information content (AvgIpc) is 2.29. The second-order valence-electron chi connectivity index (χ2n) is 5.45. The number of carbonyl (C=O) groups is 2. The van der Waals surface area contributed by atoms with Crippen LogP contribution >= 0.6 is 22.6 Å². The zero-order valence-corrected chi connectivity index (χ0v) is 14.0. The van der Waals surface area contributed by atoms with Gasteiger partial charge in [-0.1, -0.05) is 0 Å². The van der Waals surface area contributed by atoms with Gasteiger partial charge in [0.2, 0.25) is 0 Å². The fraction of sp³-hybridized carbons (Fsp3) is 0.429. The van der Waals surface area contributed by atoms with Gasteiger partial charge in [0.25, 0.3) is 5.91 Å². The number of benzene rings is 1. The number of carbonyl (C=O) groups excluding carboxylic acids is 1. The third-order valence-electron chi connectivity index (χ3n) is 2.35. The topological polar surface area (TPSA) is 75.6 Å². The summed E-state index contributed by atoms with van der Waals surface area (Å²) in [5.74, 6) is -0.880. The highest BCUT2D eigenvalue weighted by atomic mass is 127. The van der Waals surface area contributed by atoms with Crippen LogP contribution in [-0.2, 0) is 4.79 Å². The minimum Gasteiger partial charge on any atom is -0.480 e. The molecule has 0 bridgehead atoms. The first-order valence-electron chi connectivity index (χ1n) is 6.11. The largest absolute Gasteiger partial charge is 0.480 e. The van der Waals surface area contributed by atoms with Crippen molar-refractivity contribution < 1.29 is 19.4 Å². The minimum atomic E-state index is -1.03. The molecule has 1 aromatic rings. The van der Waals surface area contributed by atoms with Crippen molar-refractivity contribution in [1.82, 2.24) is 5.32 Å². The zero-order chi connectivity index (χ0) is 15.5. The normalized spacial score (nSPS) is 12.7. The summed E-state index contributed by atoms with van der Waals surface area (Å²) in [6, 6.07) is 4.57. The lowest BCUT2D eigenvalue weighted by Crippen LogP contribution is -2.46. The van der Waals surface area contributed by atoms with Crippen LogP contribution in [0, 0.1) is 3.57 Å². The number of nitrogens with one attached hydrogen (secondary N) is 1. The molecule has 0 aromatic heterocycles. The lowest BCUT2D eigenvalue weighted by atomic mass is 10.1. The van der Waals surface area contributed by atoms with Gasteiger partial charge in [0.15, 0.2) is 6.10 Å². The average molecular weight is 391 g/mol. The van der Waals surface area contributed by atoms with Gasteiger partial charge in [-0.2, -0.15) is 0 Å². The molecule has 20 heavy (non-hydrogen) atoms. The molecule has 6 heteroatoms. The van der Waals surface area contributed by atoms with E-state index in [1.54, 1.807) is 13.0 Å². The Bertz CT molecular complexity index is 522. The number of carboxylic acid groups (broad SMARTS) is 1. The number of amides is 1. The van der Waals surface area contributed by atoms with Crippen LogP contribution < -0.4 is 10.1 Å². The molecule has 0 aliphatic rings. The third-order valence-corrected chi connectivity index (χ3v) is 3.24. The van der Waals surface area contributed by atoms with Gasteiger partial charge in [-0.3, -0.25) is 4.79 Å². The van der Waals surface area contributed by atoms with Crippen molar-refractivity contribution in [3.05, 3.63) is 27.3 Å². The van der Waals surface area contributed by atoms with Crippen molar-refractivity contribution in [2.45, 2.75) is 39.3 Å². The molecular weight excluding hydrogens is 373 g/mol. The lowest BCUT2D eigenvalue weighted by Gasteiger charge is -2.24. The molecule has 0 saturated heterocycles. The second-order valence-corrected chi connectivity index (χ2v) is 6.61. The van der Waals surface area contributed by atoms with E-state index >= 15 is 0 Å². The van der Waals surface area contributed by atoms with Gasteiger partial charge >= 0.3 is 5.97 Å². The molecule has 5 nitrogen and oxygen atoms in total. The van der Waals surface area contributed by atoms with Gasteiger partial charge in [-0.05, 0) is 68.5 Å². The fourth-order valence-corrected chi connectivity index (χ4v) is 1.90. The summed E-state index contributed by atoms with van der Waals surface area (Å²) >= 11 is 2.04. The molecule has 0 heterocycles. The van der Waals surface area contributed by atoms with Crippen molar-refractivity contribution in [3.63, 3.8) is 0 Å². The summed E-state index contributed by atoms with van der Waals surface area (Å²) in [7, 11) is 0. The summed E-state index contributed by atoms with van der Waals surface area (Å²) in [6.07, 6.45) is -0.702. The molecule has 0 spiro atoms. The standard InChI is InChI=1S/C14H18INO4/c1-8(12(17)16-14(2,3)4)20-11-7-9(13(18)19)5-6-10(11)15/h5-8H,1-4H3,(H,16,17)(H,18,19). The zero-order valence-electron chi connectivity index (χ0n) is 11.9. The minimum absolute atomic E-state index is 0.129. The van der Waals surface area contributed by atoms with E-state index in [9.17, 15) is 9.59 Å². The predicted molar refractivity (Wildman–Crippen MR) is 84.1 cm³/mol. The molecule has 0 saturated carbocycles. The Balaban J connectivity index is 2.85. The first-order valence-corrected chi connectivity index (χ1v) is 7.19. The number of ether oxygens (including phenoxy) is 1. The van der Waals surface area contributed by atoms with Crippen LogP contribution in [0.25, 0.3) is 0 Å². The third kappa shape index (κ3) is 4.99. The first-order chi connectivity index (χ1) is 9.10. The van der Waals surface area contributed by atoms with Crippen LogP contribution in [-0.4, -0.2) is 28.6 Å². The van der Waals surface area contributed by atoms with Gasteiger partial charge in [-0.15, -0.1) is 0 Å². The Kier molecular flexibility index (Phi) is 5.38. The second kappa shape index (κ2) is 6.43. The van der Waals surface area contributed by atoms with Gasteiger partial charge in [0.1, 0.15) is 5.75 Å². The summed E-state index contributed by atoms with van der Waals surface area (Å²) in [5.41, 5.74) is -0.214. The summed E-state index contributed by atoms with van der Waals surface area (Å²) in [5, 5.41) is 11.8. The number of halogens is 1. The van der Waals surface area contributed by atoms with E-state index in [0.717, 1.165) is 3.57 Å². The van der Waals surface area contributed by atoms with E-state index in [0.29, 0.717) is 5.75 Å². The van der Waals surface area contributed by atoms with Crippen molar-refractivity contribution in [3.8, 4) is 5.75 Å². The van der Waals surface area contributed by atoms with E-state index in [1.807, 2.05) is 43.4 Å². The molecular formula is C14H18INO4. The quantitative estimate of drug-likeness (QED) is 0.774. The molecule has 1 atom stereocenters. The fourth-order valence-electron chi connectivity index (χ4n) is 1.44. The maximum absolute atomic E-state index is 11.9. The van der Waals surface area contributed by atoms with Crippen LogP contribution in [0.4, 0.5) is 0 Å². The highest BCUT2D eigenvalue weighted by Crippen LogP contribution is 2.23. The molecule has 0 aliphatic heterocycles. The van der Waals surface area contributed by atoms with E-state index in [1.165, 1.54) is 12.1 Å². The van der Waals surface area contributed by atoms with Gasteiger partial charge < -0.3 is 15.2 Å².